The molecule has 1 N–H and O–H groups in total. The largest absolute Gasteiger partial charge is 0.435 e. The number of aromatic nitrogens is 4. The lowest BCUT2D eigenvalue weighted by Crippen LogP contribution is -2.07. The van der Waals surface area contributed by atoms with E-state index in [0.717, 1.165) is 10.6 Å². The first-order chi connectivity index (χ1) is 12.7. The number of aryl methyl sites for hydroxylation is 1. The summed E-state index contributed by atoms with van der Waals surface area (Å²) in [6.07, 6.45) is -6.17. The molecule has 1 aromatic carbocycles. The van der Waals surface area contributed by atoms with Crippen molar-refractivity contribution in [2.24, 2.45) is 0 Å². The minimum atomic E-state index is -4.70. The number of H-pyrrole nitrogens is 1. The summed E-state index contributed by atoms with van der Waals surface area (Å²) in [4.78, 5) is 0. The molecule has 0 spiro atoms. The molecule has 0 bridgehead atoms. The molecule has 0 radical (unpaired) electrons. The summed E-state index contributed by atoms with van der Waals surface area (Å²) >= 11 is 6.18. The fraction of sp³-hybridized carbons (Fsp3) is 0.176. The van der Waals surface area contributed by atoms with Crippen LogP contribution < -0.4 is 0 Å². The molecule has 4 nitrogen and oxygen atoms in total. The number of nitrogens with zero attached hydrogens (tertiary/aromatic N) is 3. The van der Waals surface area contributed by atoms with Gasteiger partial charge < -0.3 is 0 Å². The van der Waals surface area contributed by atoms with E-state index in [4.69, 9.17) is 11.6 Å². The van der Waals surface area contributed by atoms with E-state index in [0.29, 0.717) is 10.9 Å². The Hall–Kier alpha value is -2.68. The van der Waals surface area contributed by atoms with Gasteiger partial charge in [0, 0.05) is 16.5 Å². The fourth-order valence-electron chi connectivity index (χ4n) is 3.07. The highest BCUT2D eigenvalue weighted by atomic mass is 35.5. The summed E-state index contributed by atoms with van der Waals surface area (Å²) in [5.41, 5.74) is -0.682. The van der Waals surface area contributed by atoms with Crippen LogP contribution in [0.15, 0.2) is 30.5 Å². The maximum atomic E-state index is 13.7. The van der Waals surface area contributed by atoms with Crippen molar-refractivity contribution in [2.45, 2.75) is 19.5 Å². The van der Waals surface area contributed by atoms with Gasteiger partial charge in [0.05, 0.1) is 27.9 Å². The third-order valence-corrected chi connectivity index (χ3v) is 4.57. The standard InChI is InChI=1S/C17H10ClF5N4/c1-7-2-10(16(19)20)15(27-12(7)5-13(26-27)17(21,22)23)8-3-9-6-24-25-14(9)11(18)4-8/h2-6,16H,1H3,(H,24,25). The highest BCUT2D eigenvalue weighted by Crippen LogP contribution is 2.38. The van der Waals surface area contributed by atoms with Gasteiger partial charge in [-0.2, -0.15) is 23.4 Å². The predicted octanol–water partition coefficient (Wildman–Crippen LogP) is 5.80. The van der Waals surface area contributed by atoms with Crippen molar-refractivity contribution >= 4 is 28.0 Å². The number of aromatic amines is 1. The number of alkyl halides is 5. The van der Waals surface area contributed by atoms with E-state index >= 15 is 0 Å². The topological polar surface area (TPSA) is 46.0 Å². The van der Waals surface area contributed by atoms with Gasteiger partial charge in [-0.05, 0) is 36.8 Å². The summed E-state index contributed by atoms with van der Waals surface area (Å²) in [5, 5.41) is 10.8. The van der Waals surface area contributed by atoms with Crippen LogP contribution >= 0.6 is 11.6 Å². The van der Waals surface area contributed by atoms with Crippen molar-refractivity contribution < 1.29 is 22.0 Å². The molecule has 0 fully saturated rings. The van der Waals surface area contributed by atoms with Gasteiger partial charge in [-0.1, -0.05) is 11.6 Å². The van der Waals surface area contributed by atoms with E-state index in [9.17, 15) is 22.0 Å². The molecule has 10 heteroatoms. The van der Waals surface area contributed by atoms with E-state index in [1.54, 1.807) is 0 Å². The second-order valence-electron chi connectivity index (χ2n) is 6.05. The van der Waals surface area contributed by atoms with E-state index < -0.39 is 23.9 Å². The van der Waals surface area contributed by atoms with Gasteiger partial charge in [0.2, 0.25) is 0 Å². The molecule has 4 rings (SSSR count). The number of hydrogen-bond acceptors (Lipinski definition) is 2. The second-order valence-corrected chi connectivity index (χ2v) is 6.46. The Labute approximate surface area is 153 Å². The van der Waals surface area contributed by atoms with Gasteiger partial charge in [0.1, 0.15) is 0 Å². The van der Waals surface area contributed by atoms with Crippen molar-refractivity contribution in [1.82, 2.24) is 19.8 Å². The molecule has 3 heterocycles. The van der Waals surface area contributed by atoms with Crippen LogP contribution in [0.1, 0.15) is 23.2 Å². The molecule has 0 unspecified atom stereocenters. The highest BCUT2D eigenvalue weighted by molar-refractivity contribution is 6.35. The molecule has 3 aromatic heterocycles. The molecule has 0 saturated heterocycles. The number of nitrogens with one attached hydrogen (secondary N) is 1. The Morgan fingerprint density at radius 3 is 2.56 bits per heavy atom. The third-order valence-electron chi connectivity index (χ3n) is 4.27. The summed E-state index contributed by atoms with van der Waals surface area (Å²) < 4.78 is 67.7. The number of rotatable bonds is 2. The summed E-state index contributed by atoms with van der Waals surface area (Å²) in [5.74, 6) is 0. The minimum Gasteiger partial charge on any atom is -0.276 e. The van der Waals surface area contributed by atoms with E-state index in [-0.39, 0.29) is 27.4 Å². The van der Waals surface area contributed by atoms with Crippen LogP contribution in [0.3, 0.4) is 0 Å². The average molecular weight is 401 g/mol. The summed E-state index contributed by atoms with van der Waals surface area (Å²) in [6.45, 7) is 1.46. The molecule has 0 atom stereocenters. The molecule has 27 heavy (non-hydrogen) atoms. The fourth-order valence-corrected chi connectivity index (χ4v) is 3.34. The molecule has 0 aliphatic rings. The maximum absolute atomic E-state index is 13.7. The average Bonchev–Trinajstić information content (AvgIpc) is 3.20. The summed E-state index contributed by atoms with van der Waals surface area (Å²) in [7, 11) is 0. The zero-order valence-corrected chi connectivity index (χ0v) is 14.3. The number of benzene rings is 1. The molecular formula is C17H10ClF5N4. The highest BCUT2D eigenvalue weighted by Gasteiger charge is 2.35. The van der Waals surface area contributed by atoms with Crippen LogP contribution in [-0.4, -0.2) is 19.8 Å². The SMILES string of the molecule is Cc1cc(C(F)F)c(-c2cc(Cl)c3[nH]ncc3c2)n2nc(C(F)(F)F)cc12. The van der Waals surface area contributed by atoms with Crippen molar-refractivity contribution in [3.05, 3.63) is 52.3 Å². The van der Waals surface area contributed by atoms with Crippen LogP contribution in [0.4, 0.5) is 22.0 Å². The van der Waals surface area contributed by atoms with E-state index in [1.165, 1.54) is 31.3 Å². The van der Waals surface area contributed by atoms with Crippen LogP contribution in [0.25, 0.3) is 27.7 Å². The number of fused-ring (bicyclic) bond motifs is 2. The van der Waals surface area contributed by atoms with Crippen molar-refractivity contribution in [3.8, 4) is 11.3 Å². The van der Waals surface area contributed by atoms with E-state index in [2.05, 4.69) is 15.3 Å². The Morgan fingerprint density at radius 2 is 1.89 bits per heavy atom. The zero-order chi connectivity index (χ0) is 19.5. The first-order valence-corrected chi connectivity index (χ1v) is 8.06. The Kier molecular flexibility index (Phi) is 3.88. The molecule has 0 amide bonds. The lowest BCUT2D eigenvalue weighted by Gasteiger charge is -2.14. The Morgan fingerprint density at radius 1 is 1.15 bits per heavy atom. The molecule has 0 saturated carbocycles. The Balaban J connectivity index is 2.11. The molecule has 0 aliphatic carbocycles. The second kappa shape index (κ2) is 5.91. The number of hydrogen-bond donors (Lipinski definition) is 1. The van der Waals surface area contributed by atoms with Crippen LogP contribution in [0, 0.1) is 6.92 Å². The van der Waals surface area contributed by atoms with Gasteiger partial charge in [-0.15, -0.1) is 0 Å². The zero-order valence-electron chi connectivity index (χ0n) is 13.6. The number of pyridine rings is 1. The Bertz CT molecular complexity index is 1180. The molecule has 0 aliphatic heterocycles. The lowest BCUT2D eigenvalue weighted by atomic mass is 10.0. The first kappa shape index (κ1) is 17.7. The van der Waals surface area contributed by atoms with Crippen LogP contribution in [0.2, 0.25) is 5.02 Å². The van der Waals surface area contributed by atoms with Gasteiger partial charge in [0.25, 0.3) is 6.43 Å². The monoisotopic (exact) mass is 400 g/mol. The minimum absolute atomic E-state index is 0.0881. The van der Waals surface area contributed by atoms with Gasteiger partial charge >= 0.3 is 6.18 Å². The smallest absolute Gasteiger partial charge is 0.276 e. The van der Waals surface area contributed by atoms with Gasteiger partial charge in [-0.25, -0.2) is 13.3 Å². The van der Waals surface area contributed by atoms with Crippen molar-refractivity contribution in [2.75, 3.05) is 0 Å². The predicted molar refractivity (Wildman–Crippen MR) is 90.0 cm³/mol. The van der Waals surface area contributed by atoms with E-state index in [1.807, 2.05) is 0 Å². The van der Waals surface area contributed by atoms with Crippen LogP contribution in [0.5, 0.6) is 0 Å². The van der Waals surface area contributed by atoms with Gasteiger partial charge in [0.15, 0.2) is 5.69 Å². The molecular weight excluding hydrogens is 391 g/mol. The quantitative estimate of drug-likeness (QED) is 0.432. The maximum Gasteiger partial charge on any atom is 0.435 e. The normalized spacial score (nSPS) is 12.6. The summed E-state index contributed by atoms with van der Waals surface area (Å²) in [6, 6.07) is 4.93. The van der Waals surface area contributed by atoms with Crippen molar-refractivity contribution in [1.29, 1.82) is 0 Å². The molecule has 140 valence electrons. The van der Waals surface area contributed by atoms with Gasteiger partial charge in [-0.3, -0.25) is 5.10 Å². The van der Waals surface area contributed by atoms with Crippen molar-refractivity contribution in [3.63, 3.8) is 0 Å². The molecule has 4 aromatic rings. The third kappa shape index (κ3) is 2.82. The lowest BCUT2D eigenvalue weighted by molar-refractivity contribution is -0.141. The first-order valence-electron chi connectivity index (χ1n) is 7.68. The van der Waals surface area contributed by atoms with Crippen LogP contribution in [-0.2, 0) is 6.18 Å². The number of halogens is 6.